The van der Waals surface area contributed by atoms with E-state index in [2.05, 4.69) is 22.1 Å². The highest BCUT2D eigenvalue weighted by Crippen LogP contribution is 2.40. The first kappa shape index (κ1) is 42.2. The summed E-state index contributed by atoms with van der Waals surface area (Å²) in [5.74, 6) is 3.51. The van der Waals surface area contributed by atoms with E-state index < -0.39 is 0 Å². The highest BCUT2D eigenvalue weighted by molar-refractivity contribution is 5.99. The lowest BCUT2D eigenvalue weighted by molar-refractivity contribution is -0.132. The van der Waals surface area contributed by atoms with Gasteiger partial charge in [0, 0.05) is 60.6 Å². The number of ether oxygens (including phenoxy) is 4. The van der Waals surface area contributed by atoms with Gasteiger partial charge in [0.05, 0.1) is 74.9 Å². The third-order valence-corrected chi connectivity index (χ3v) is 12.4. The Morgan fingerprint density at radius 3 is 1.45 bits per heavy atom. The number of likely N-dealkylation sites (tertiary alicyclic amines) is 2. The molecule has 0 radical (unpaired) electrons. The molecule has 328 valence electrons. The summed E-state index contributed by atoms with van der Waals surface area (Å²) in [5.41, 5.74) is 9.55. The maximum atomic E-state index is 13.5. The van der Waals surface area contributed by atoms with Crippen molar-refractivity contribution in [3.8, 4) is 34.4 Å². The van der Waals surface area contributed by atoms with Crippen LogP contribution in [0.3, 0.4) is 0 Å². The van der Waals surface area contributed by atoms with Crippen LogP contribution in [0.25, 0.3) is 23.5 Å². The largest absolute Gasteiger partial charge is 0.495 e. The summed E-state index contributed by atoms with van der Waals surface area (Å²) >= 11 is 0. The third-order valence-electron chi connectivity index (χ3n) is 12.4. The average molecular weight is 859 g/mol. The number of carbonyl (C=O) groups excluding carboxylic acids is 2. The number of para-hydroxylation sites is 2. The lowest BCUT2D eigenvalue weighted by Crippen LogP contribution is -2.41. The molecule has 4 aromatic carbocycles. The van der Waals surface area contributed by atoms with E-state index in [1.165, 1.54) is 0 Å². The Morgan fingerprint density at radius 2 is 1.05 bits per heavy atom. The van der Waals surface area contributed by atoms with E-state index in [4.69, 9.17) is 18.9 Å². The predicted octanol–water partition coefficient (Wildman–Crippen LogP) is 9.44. The zero-order valence-electron chi connectivity index (χ0n) is 36.9. The smallest absolute Gasteiger partial charge is 0.250 e. The molecule has 12 heteroatoms. The van der Waals surface area contributed by atoms with Gasteiger partial charge in [0.25, 0.3) is 0 Å². The molecule has 0 N–H and O–H groups in total. The van der Waals surface area contributed by atoms with E-state index in [1.54, 1.807) is 26.9 Å². The molecule has 4 aliphatic heterocycles. The standard InChI is InChI=1S/2C26H27N3O3/c2*1-18-16-28(17-27-18)23-10-9-19(15-25(23)31-2)14-20-6-5-12-29(26(20)30)22-11-13-32-24-8-4-3-7-21(22)24/h2*3-4,7-10,14-17,22H,5-6,11-13H2,1-2H3/b2*20-14+/t2*22-/m10/s1. The fraction of sp³-hybridized carbons (Fsp3) is 0.308. The van der Waals surface area contributed by atoms with Crippen molar-refractivity contribution < 1.29 is 28.5 Å². The van der Waals surface area contributed by atoms with Crippen LogP contribution >= 0.6 is 0 Å². The molecule has 4 aliphatic rings. The van der Waals surface area contributed by atoms with E-state index in [-0.39, 0.29) is 23.9 Å². The van der Waals surface area contributed by atoms with Gasteiger partial charge in [0.1, 0.15) is 23.0 Å². The summed E-state index contributed by atoms with van der Waals surface area (Å²) in [7, 11) is 3.32. The summed E-state index contributed by atoms with van der Waals surface area (Å²) in [6.45, 7) is 6.74. The Hall–Kier alpha value is -7.08. The highest BCUT2D eigenvalue weighted by Gasteiger charge is 2.35. The van der Waals surface area contributed by atoms with Crippen LogP contribution in [-0.2, 0) is 9.59 Å². The summed E-state index contributed by atoms with van der Waals surface area (Å²) in [6, 6.07) is 28.3. The van der Waals surface area contributed by atoms with E-state index >= 15 is 0 Å². The summed E-state index contributed by atoms with van der Waals surface area (Å²) in [5, 5.41) is 0. The molecule has 6 heterocycles. The number of nitrogens with zero attached hydrogens (tertiary/aromatic N) is 6. The number of methoxy groups -OCH3 is 2. The van der Waals surface area contributed by atoms with Gasteiger partial charge in [0.15, 0.2) is 0 Å². The minimum absolute atomic E-state index is 0.0672. The van der Waals surface area contributed by atoms with E-state index in [1.807, 2.05) is 130 Å². The molecule has 0 saturated carbocycles. The lowest BCUT2D eigenvalue weighted by atomic mass is 9.94. The number of rotatable bonds is 8. The van der Waals surface area contributed by atoms with Crippen LogP contribution in [-0.4, -0.2) is 81.2 Å². The monoisotopic (exact) mass is 858 g/mol. The van der Waals surface area contributed by atoms with E-state index in [0.29, 0.717) is 13.2 Å². The average Bonchev–Trinajstić information content (AvgIpc) is 3.97. The molecule has 64 heavy (non-hydrogen) atoms. The van der Waals surface area contributed by atoms with E-state index in [0.717, 1.165) is 131 Å². The van der Waals surface area contributed by atoms with Crippen LogP contribution in [0.4, 0.5) is 0 Å². The molecule has 2 amide bonds. The summed E-state index contributed by atoms with van der Waals surface area (Å²) < 4.78 is 26.8. The van der Waals surface area contributed by atoms with Crippen molar-refractivity contribution in [2.75, 3.05) is 40.5 Å². The number of piperidine rings is 2. The molecular formula is C52H54N6O6. The van der Waals surface area contributed by atoms with Gasteiger partial charge >= 0.3 is 0 Å². The van der Waals surface area contributed by atoms with Crippen LogP contribution in [0.5, 0.6) is 23.0 Å². The first-order valence-electron chi connectivity index (χ1n) is 22.1. The van der Waals surface area contributed by atoms with Crippen molar-refractivity contribution in [3.63, 3.8) is 0 Å². The molecule has 0 spiro atoms. The molecular weight excluding hydrogens is 805 g/mol. The number of aryl methyl sites for hydroxylation is 2. The number of carbonyl (C=O) groups is 2. The number of aromatic nitrogens is 4. The number of hydrogen-bond acceptors (Lipinski definition) is 8. The van der Waals surface area contributed by atoms with Crippen LogP contribution in [0.2, 0.25) is 0 Å². The fourth-order valence-electron chi connectivity index (χ4n) is 9.33. The molecule has 2 atom stereocenters. The second kappa shape index (κ2) is 18.7. The van der Waals surface area contributed by atoms with Gasteiger partial charge in [-0.25, -0.2) is 9.97 Å². The predicted molar refractivity (Wildman–Crippen MR) is 246 cm³/mol. The van der Waals surface area contributed by atoms with Crippen molar-refractivity contribution in [1.82, 2.24) is 28.9 Å². The molecule has 6 aromatic rings. The minimum Gasteiger partial charge on any atom is -0.495 e. The number of hydrogen-bond donors (Lipinski definition) is 0. The topological polar surface area (TPSA) is 113 Å². The van der Waals surface area contributed by atoms with Crippen molar-refractivity contribution in [1.29, 1.82) is 0 Å². The first-order valence-corrected chi connectivity index (χ1v) is 22.1. The Morgan fingerprint density at radius 1 is 0.609 bits per heavy atom. The fourth-order valence-corrected chi connectivity index (χ4v) is 9.33. The van der Waals surface area contributed by atoms with Crippen molar-refractivity contribution in [2.45, 2.75) is 64.5 Å². The minimum atomic E-state index is 0.0672. The third kappa shape index (κ3) is 8.77. The quantitative estimate of drug-likeness (QED) is 0.139. The second-order valence-corrected chi connectivity index (χ2v) is 16.6. The summed E-state index contributed by atoms with van der Waals surface area (Å²) in [6.07, 6.45) is 16.6. The Bertz CT molecular complexity index is 2550. The number of imidazole rings is 2. The van der Waals surface area contributed by atoms with Crippen molar-refractivity contribution in [2.24, 2.45) is 0 Å². The Balaban J connectivity index is 0.000000162. The number of fused-ring (bicyclic) bond motifs is 2. The molecule has 0 unspecified atom stereocenters. The van der Waals surface area contributed by atoms with Gasteiger partial charge in [-0.3, -0.25) is 9.59 Å². The summed E-state index contributed by atoms with van der Waals surface area (Å²) in [4.78, 5) is 39.6. The van der Waals surface area contributed by atoms with Gasteiger partial charge in [-0.05, 0) is 99.2 Å². The SMILES string of the molecule is COc1cc(/C=C2\CCCN([C@@H]3CCOc4ccccc43)C2=O)ccc1-n1cnc(C)c1.COc1cc(/C=C2\CCCN([C@H]3CCOc4ccccc43)C2=O)ccc1-n1cnc(C)c1. The molecule has 2 fully saturated rings. The molecule has 0 aliphatic carbocycles. The van der Waals surface area contributed by atoms with E-state index in [9.17, 15) is 9.59 Å². The zero-order chi connectivity index (χ0) is 44.2. The highest BCUT2D eigenvalue weighted by atomic mass is 16.5. The van der Waals surface area contributed by atoms with Gasteiger partial charge in [-0.1, -0.05) is 48.5 Å². The van der Waals surface area contributed by atoms with Crippen LogP contribution in [0, 0.1) is 13.8 Å². The second-order valence-electron chi connectivity index (χ2n) is 16.6. The Labute approximate surface area is 374 Å². The molecule has 2 saturated heterocycles. The number of amides is 2. The van der Waals surface area contributed by atoms with Crippen LogP contribution in [0.15, 0.2) is 121 Å². The first-order chi connectivity index (χ1) is 31.3. The Kier molecular flexibility index (Phi) is 12.4. The molecule has 2 aromatic heterocycles. The van der Waals surface area contributed by atoms with Crippen LogP contribution in [0.1, 0.15) is 84.3 Å². The van der Waals surface area contributed by atoms with Crippen molar-refractivity contribution >= 4 is 24.0 Å². The zero-order valence-corrected chi connectivity index (χ0v) is 36.9. The maximum Gasteiger partial charge on any atom is 0.250 e. The van der Waals surface area contributed by atoms with Gasteiger partial charge in [0.2, 0.25) is 11.8 Å². The van der Waals surface area contributed by atoms with Gasteiger partial charge in [-0.15, -0.1) is 0 Å². The maximum absolute atomic E-state index is 13.5. The van der Waals surface area contributed by atoms with Crippen LogP contribution < -0.4 is 18.9 Å². The lowest BCUT2D eigenvalue weighted by Gasteiger charge is -2.38. The molecule has 12 nitrogen and oxygen atoms in total. The van der Waals surface area contributed by atoms with Gasteiger partial charge < -0.3 is 37.9 Å². The normalized spacial score (nSPS) is 19.6. The number of benzene rings is 4. The molecule has 10 rings (SSSR count). The molecule has 0 bridgehead atoms. The van der Waals surface area contributed by atoms with Gasteiger partial charge in [-0.2, -0.15) is 0 Å². The van der Waals surface area contributed by atoms with Crippen molar-refractivity contribution in [3.05, 3.63) is 155 Å².